The van der Waals surface area contributed by atoms with Crippen molar-refractivity contribution in [2.24, 2.45) is 11.8 Å². The van der Waals surface area contributed by atoms with Crippen molar-refractivity contribution in [3.8, 4) is 0 Å². The molecular weight excluding hydrogens is 389 g/mol. The van der Waals surface area contributed by atoms with E-state index in [1.165, 1.54) is 5.56 Å². The Kier molecular flexibility index (Phi) is 6.69. The summed E-state index contributed by atoms with van der Waals surface area (Å²) < 4.78 is 67.4. The number of pyridine rings is 1. The third-order valence-corrected chi connectivity index (χ3v) is 8.48. The van der Waals surface area contributed by atoms with Gasteiger partial charge in [0.15, 0.2) is 0 Å². The van der Waals surface area contributed by atoms with E-state index in [2.05, 4.69) is 9.71 Å². The molecule has 0 amide bonds. The molecule has 2 aliphatic rings. The third kappa shape index (κ3) is 5.26. The van der Waals surface area contributed by atoms with Gasteiger partial charge < -0.3 is 0 Å². The molecule has 2 saturated carbocycles. The van der Waals surface area contributed by atoms with Crippen LogP contribution < -0.4 is 4.72 Å². The van der Waals surface area contributed by atoms with E-state index in [0.717, 1.165) is 25.7 Å². The minimum absolute atomic E-state index is 0.0291. The van der Waals surface area contributed by atoms with E-state index in [9.17, 15) is 21.6 Å². The van der Waals surface area contributed by atoms with Crippen molar-refractivity contribution in [3.63, 3.8) is 0 Å². The lowest BCUT2D eigenvalue weighted by Crippen LogP contribution is -2.46. The first-order valence-corrected chi connectivity index (χ1v) is 11.7. The van der Waals surface area contributed by atoms with Gasteiger partial charge in [0.1, 0.15) is 0 Å². The molecular formula is C20H29F3N2O2S. The number of aromatic nitrogens is 1. The van der Waals surface area contributed by atoms with Crippen molar-refractivity contribution < 1.29 is 21.6 Å². The number of hydrogen-bond donors (Lipinski definition) is 1. The van der Waals surface area contributed by atoms with E-state index in [1.54, 1.807) is 12.4 Å². The fraction of sp³-hybridized carbons (Fsp3) is 0.750. The summed E-state index contributed by atoms with van der Waals surface area (Å²) in [7, 11) is -3.77. The van der Waals surface area contributed by atoms with Gasteiger partial charge in [-0.25, -0.2) is 13.1 Å². The number of rotatable bonds is 5. The first-order valence-electron chi connectivity index (χ1n) is 10.1. The van der Waals surface area contributed by atoms with Crippen molar-refractivity contribution in [2.75, 3.05) is 0 Å². The second-order valence-electron chi connectivity index (χ2n) is 8.38. The lowest BCUT2D eigenvalue weighted by molar-refractivity contribution is -0.181. The van der Waals surface area contributed by atoms with Crippen molar-refractivity contribution >= 4 is 10.0 Å². The molecule has 1 heterocycles. The van der Waals surface area contributed by atoms with Crippen molar-refractivity contribution in [2.45, 2.75) is 81.7 Å². The average Bonchev–Trinajstić information content (AvgIpc) is 2.68. The molecule has 28 heavy (non-hydrogen) atoms. The highest BCUT2D eigenvalue weighted by Crippen LogP contribution is 2.40. The van der Waals surface area contributed by atoms with Gasteiger partial charge in [-0.15, -0.1) is 0 Å². The van der Waals surface area contributed by atoms with E-state index in [-0.39, 0.29) is 24.8 Å². The van der Waals surface area contributed by atoms with Gasteiger partial charge in [-0.05, 0) is 75.0 Å². The zero-order chi connectivity index (χ0) is 20.4. The van der Waals surface area contributed by atoms with E-state index in [4.69, 9.17) is 0 Å². The Morgan fingerprint density at radius 2 is 1.75 bits per heavy atom. The average molecular weight is 419 g/mol. The maximum Gasteiger partial charge on any atom is 0.391 e. The fourth-order valence-corrected chi connectivity index (χ4v) is 6.66. The Morgan fingerprint density at radius 1 is 1.07 bits per heavy atom. The molecule has 0 spiro atoms. The fourth-order valence-electron chi connectivity index (χ4n) is 4.80. The lowest BCUT2D eigenvalue weighted by Gasteiger charge is -2.35. The van der Waals surface area contributed by atoms with Crippen LogP contribution in [0.3, 0.4) is 0 Å². The van der Waals surface area contributed by atoms with Crippen LogP contribution in [-0.4, -0.2) is 30.9 Å². The first-order chi connectivity index (χ1) is 13.2. The predicted molar refractivity (Wildman–Crippen MR) is 102 cm³/mol. The minimum Gasteiger partial charge on any atom is -0.265 e. The van der Waals surface area contributed by atoms with E-state index < -0.39 is 27.4 Å². The minimum atomic E-state index is -4.32. The summed E-state index contributed by atoms with van der Waals surface area (Å²) in [5, 5.41) is -0.949. The van der Waals surface area contributed by atoms with Crippen LogP contribution in [-0.2, 0) is 10.0 Å². The number of halogens is 3. The van der Waals surface area contributed by atoms with Gasteiger partial charge in [-0.1, -0.05) is 12.8 Å². The molecule has 3 rings (SSSR count). The van der Waals surface area contributed by atoms with Gasteiger partial charge in [-0.2, -0.15) is 13.2 Å². The molecule has 0 saturated heterocycles. The SMILES string of the molecule is C[C@H](NS(=O)(=O)C1CCCC(C(F)(F)F)C1)C1CCCC(c2ccncc2)C1. The quantitative estimate of drug-likeness (QED) is 0.748. The zero-order valence-electron chi connectivity index (χ0n) is 16.2. The molecule has 0 radical (unpaired) electrons. The summed E-state index contributed by atoms with van der Waals surface area (Å²) in [5.41, 5.74) is 1.22. The maximum atomic E-state index is 13.0. The van der Waals surface area contributed by atoms with Crippen LogP contribution >= 0.6 is 0 Å². The Bertz CT molecular complexity index is 740. The molecule has 4 unspecified atom stereocenters. The van der Waals surface area contributed by atoms with Gasteiger partial charge in [0.05, 0.1) is 11.2 Å². The number of hydrogen-bond acceptors (Lipinski definition) is 3. The van der Waals surface area contributed by atoms with Crippen LogP contribution in [0.1, 0.15) is 69.8 Å². The molecule has 1 N–H and O–H groups in total. The number of alkyl halides is 3. The maximum absolute atomic E-state index is 13.0. The van der Waals surface area contributed by atoms with Crippen molar-refractivity contribution in [1.82, 2.24) is 9.71 Å². The summed E-state index contributed by atoms with van der Waals surface area (Å²) in [4.78, 5) is 4.05. The topological polar surface area (TPSA) is 59.1 Å². The molecule has 5 atom stereocenters. The lowest BCUT2D eigenvalue weighted by atomic mass is 9.76. The summed E-state index contributed by atoms with van der Waals surface area (Å²) in [6.45, 7) is 1.85. The van der Waals surface area contributed by atoms with Crippen LogP contribution in [0.4, 0.5) is 13.2 Å². The second-order valence-corrected chi connectivity index (χ2v) is 10.4. The monoisotopic (exact) mass is 418 g/mol. The smallest absolute Gasteiger partial charge is 0.265 e. The summed E-state index contributed by atoms with van der Waals surface area (Å²) in [5.74, 6) is -0.953. The molecule has 158 valence electrons. The number of nitrogens with zero attached hydrogens (tertiary/aromatic N) is 1. The van der Waals surface area contributed by atoms with E-state index >= 15 is 0 Å². The second kappa shape index (κ2) is 8.69. The highest BCUT2D eigenvalue weighted by Gasteiger charge is 2.45. The molecule has 2 aliphatic carbocycles. The molecule has 0 bridgehead atoms. The highest BCUT2D eigenvalue weighted by atomic mass is 32.2. The van der Waals surface area contributed by atoms with Crippen molar-refractivity contribution in [1.29, 1.82) is 0 Å². The zero-order valence-corrected chi connectivity index (χ0v) is 17.0. The normalized spacial score (nSPS) is 30.7. The largest absolute Gasteiger partial charge is 0.391 e. The molecule has 2 fully saturated rings. The first kappa shape index (κ1) is 21.6. The van der Waals surface area contributed by atoms with Crippen LogP contribution in [0.15, 0.2) is 24.5 Å². The highest BCUT2D eigenvalue weighted by molar-refractivity contribution is 7.90. The molecule has 4 nitrogen and oxygen atoms in total. The third-order valence-electron chi connectivity index (χ3n) is 6.48. The van der Waals surface area contributed by atoms with Crippen LogP contribution in [0.25, 0.3) is 0 Å². The Hall–Kier alpha value is -1.15. The van der Waals surface area contributed by atoms with Crippen LogP contribution in [0.5, 0.6) is 0 Å². The van der Waals surface area contributed by atoms with Crippen LogP contribution in [0.2, 0.25) is 0 Å². The summed E-state index contributed by atoms with van der Waals surface area (Å²) in [6, 6.07) is 3.73. The van der Waals surface area contributed by atoms with Gasteiger partial charge >= 0.3 is 6.18 Å². The Morgan fingerprint density at radius 3 is 2.43 bits per heavy atom. The van der Waals surface area contributed by atoms with Crippen LogP contribution in [0, 0.1) is 11.8 Å². The van der Waals surface area contributed by atoms with Gasteiger partial charge in [0.2, 0.25) is 10.0 Å². The molecule has 1 aromatic rings. The van der Waals surface area contributed by atoms with E-state index in [0.29, 0.717) is 18.8 Å². The molecule has 8 heteroatoms. The molecule has 0 aliphatic heterocycles. The number of nitrogens with one attached hydrogen (secondary N) is 1. The van der Waals surface area contributed by atoms with Gasteiger partial charge in [-0.3, -0.25) is 4.98 Å². The van der Waals surface area contributed by atoms with Crippen molar-refractivity contribution in [3.05, 3.63) is 30.1 Å². The molecule has 1 aromatic heterocycles. The predicted octanol–water partition coefficient (Wildman–Crippen LogP) is 4.78. The summed E-state index contributed by atoms with van der Waals surface area (Å²) in [6.07, 6.45) is 3.43. The molecule has 0 aromatic carbocycles. The van der Waals surface area contributed by atoms with Gasteiger partial charge in [0.25, 0.3) is 0 Å². The van der Waals surface area contributed by atoms with Gasteiger partial charge in [0, 0.05) is 18.4 Å². The standard InChI is InChI=1S/C20H29F3N2O2S/c1-14(16-4-2-5-17(12-16)15-8-10-24-11-9-15)25-28(26,27)19-7-3-6-18(13-19)20(21,22)23/h8-11,14,16-19,25H,2-7,12-13H2,1H3/t14-,16?,17?,18?,19?/m0/s1. The Balaban J connectivity index is 1.62. The number of sulfonamides is 1. The Labute approximate surface area is 165 Å². The van der Waals surface area contributed by atoms with E-state index in [1.807, 2.05) is 19.1 Å². The summed E-state index contributed by atoms with van der Waals surface area (Å²) >= 11 is 0.